The van der Waals surface area contributed by atoms with Crippen molar-refractivity contribution in [2.24, 2.45) is 10.9 Å². The van der Waals surface area contributed by atoms with Crippen molar-refractivity contribution in [2.75, 3.05) is 59.8 Å². The van der Waals surface area contributed by atoms with E-state index < -0.39 is 0 Å². The summed E-state index contributed by atoms with van der Waals surface area (Å²) in [5.74, 6) is 2.29. The summed E-state index contributed by atoms with van der Waals surface area (Å²) in [6.45, 7) is 9.10. The van der Waals surface area contributed by atoms with Crippen LogP contribution in [0.3, 0.4) is 0 Å². The Labute approximate surface area is 175 Å². The van der Waals surface area contributed by atoms with Gasteiger partial charge in [0.15, 0.2) is 5.96 Å². The fourth-order valence-electron chi connectivity index (χ4n) is 2.96. The fraction of sp³-hybridized carbons (Fsp3) is 0.682. The van der Waals surface area contributed by atoms with Gasteiger partial charge in [-0.05, 0) is 43.9 Å². The van der Waals surface area contributed by atoms with Crippen molar-refractivity contribution < 1.29 is 18.9 Å². The van der Waals surface area contributed by atoms with E-state index in [0.29, 0.717) is 19.1 Å². The smallest absolute Gasteiger partial charge is 0.191 e. The Bertz CT molecular complexity index is 560. The van der Waals surface area contributed by atoms with Gasteiger partial charge in [0, 0.05) is 45.4 Å². The first kappa shape index (κ1) is 23.4. The van der Waals surface area contributed by atoms with Crippen LogP contribution in [0.15, 0.2) is 29.3 Å². The van der Waals surface area contributed by atoms with E-state index in [4.69, 9.17) is 18.9 Å². The van der Waals surface area contributed by atoms with Gasteiger partial charge in [-0.3, -0.25) is 4.99 Å². The molecule has 0 spiro atoms. The molecule has 1 aromatic carbocycles. The highest BCUT2D eigenvalue weighted by atomic mass is 16.5. The molecule has 1 saturated heterocycles. The van der Waals surface area contributed by atoms with Gasteiger partial charge in [-0.25, -0.2) is 0 Å². The maximum Gasteiger partial charge on any atom is 0.191 e. The van der Waals surface area contributed by atoms with Crippen LogP contribution in [0.5, 0.6) is 5.75 Å². The third-order valence-corrected chi connectivity index (χ3v) is 4.62. The van der Waals surface area contributed by atoms with E-state index in [9.17, 15) is 0 Å². The Kier molecular flexibility index (Phi) is 12.2. The molecule has 0 bridgehead atoms. The quantitative estimate of drug-likeness (QED) is 0.281. The lowest BCUT2D eigenvalue weighted by Crippen LogP contribution is -2.38. The van der Waals surface area contributed by atoms with E-state index in [1.54, 1.807) is 7.11 Å². The van der Waals surface area contributed by atoms with Gasteiger partial charge < -0.3 is 29.6 Å². The zero-order chi connectivity index (χ0) is 20.6. The molecule has 1 aromatic rings. The molecule has 2 rings (SSSR count). The summed E-state index contributed by atoms with van der Waals surface area (Å²) in [5.41, 5.74) is 1.15. The number of ether oxygens (including phenoxy) is 4. The van der Waals surface area contributed by atoms with Crippen molar-refractivity contribution >= 4 is 5.96 Å². The molecule has 0 radical (unpaired) electrons. The minimum Gasteiger partial charge on any atom is -0.497 e. The molecule has 1 aliphatic rings. The van der Waals surface area contributed by atoms with Crippen molar-refractivity contribution in [3.8, 4) is 5.75 Å². The van der Waals surface area contributed by atoms with Crippen LogP contribution in [0.25, 0.3) is 0 Å². The Hall–Kier alpha value is -1.83. The van der Waals surface area contributed by atoms with Crippen LogP contribution in [-0.4, -0.2) is 65.7 Å². The molecule has 0 aromatic heterocycles. The molecule has 7 heteroatoms. The molecule has 2 N–H and O–H groups in total. The van der Waals surface area contributed by atoms with Crippen LogP contribution in [0.1, 0.15) is 31.7 Å². The Morgan fingerprint density at radius 3 is 2.69 bits per heavy atom. The van der Waals surface area contributed by atoms with Crippen molar-refractivity contribution in [1.82, 2.24) is 10.6 Å². The average Bonchev–Trinajstić information content (AvgIpc) is 3.27. The normalized spacial score (nSPS) is 16.8. The summed E-state index contributed by atoms with van der Waals surface area (Å²) in [6, 6.07) is 7.95. The molecule has 0 saturated carbocycles. The number of hydrogen-bond acceptors (Lipinski definition) is 5. The SMILES string of the molecule is CCNC(=NCCCOCc1ccc(OC)cc1)NCCCOCC1CCOC1. The van der Waals surface area contributed by atoms with Gasteiger partial charge in [-0.2, -0.15) is 0 Å². The topological polar surface area (TPSA) is 73.3 Å². The lowest BCUT2D eigenvalue weighted by Gasteiger charge is -2.12. The lowest BCUT2D eigenvalue weighted by atomic mass is 10.1. The van der Waals surface area contributed by atoms with E-state index in [1.165, 1.54) is 0 Å². The highest BCUT2D eigenvalue weighted by Crippen LogP contribution is 2.12. The zero-order valence-electron chi connectivity index (χ0n) is 18.0. The second-order valence-corrected chi connectivity index (χ2v) is 7.10. The molecule has 1 heterocycles. The number of nitrogens with one attached hydrogen (secondary N) is 2. The summed E-state index contributed by atoms with van der Waals surface area (Å²) in [6.07, 6.45) is 2.97. The minimum absolute atomic E-state index is 0.578. The zero-order valence-corrected chi connectivity index (χ0v) is 18.0. The number of methoxy groups -OCH3 is 1. The number of rotatable bonds is 14. The first-order chi connectivity index (χ1) is 14.3. The van der Waals surface area contributed by atoms with Gasteiger partial charge in [0.25, 0.3) is 0 Å². The Morgan fingerprint density at radius 2 is 1.97 bits per heavy atom. The molecule has 0 amide bonds. The summed E-state index contributed by atoms with van der Waals surface area (Å²) >= 11 is 0. The second kappa shape index (κ2) is 15.1. The first-order valence-electron chi connectivity index (χ1n) is 10.7. The standard InChI is InChI=1S/C22H37N3O4/c1-3-23-22(25-12-5-14-28-17-20-10-15-29-18-20)24-11-4-13-27-16-19-6-8-21(26-2)9-7-19/h6-9,20H,3-5,10-18H2,1-2H3,(H2,23,24,25). The van der Waals surface area contributed by atoms with Crippen LogP contribution in [0, 0.1) is 5.92 Å². The number of hydrogen-bond donors (Lipinski definition) is 2. The highest BCUT2D eigenvalue weighted by molar-refractivity contribution is 5.79. The number of benzene rings is 1. The second-order valence-electron chi connectivity index (χ2n) is 7.10. The van der Waals surface area contributed by atoms with Crippen molar-refractivity contribution in [3.05, 3.63) is 29.8 Å². The average molecular weight is 408 g/mol. The number of aliphatic imine (C=N–C) groups is 1. The predicted octanol–water partition coefficient (Wildman–Crippen LogP) is 2.60. The van der Waals surface area contributed by atoms with Gasteiger partial charge in [0.2, 0.25) is 0 Å². The summed E-state index contributed by atoms with van der Waals surface area (Å²) in [7, 11) is 1.67. The molecule has 1 atom stereocenters. The molecule has 1 unspecified atom stereocenters. The van der Waals surface area contributed by atoms with Crippen LogP contribution in [-0.2, 0) is 20.8 Å². The molecule has 7 nitrogen and oxygen atoms in total. The van der Waals surface area contributed by atoms with Crippen molar-refractivity contribution in [1.29, 1.82) is 0 Å². The van der Waals surface area contributed by atoms with Gasteiger partial charge in [0.05, 0.1) is 26.9 Å². The monoisotopic (exact) mass is 407 g/mol. The van der Waals surface area contributed by atoms with Gasteiger partial charge in [0.1, 0.15) is 5.75 Å². The molecule has 29 heavy (non-hydrogen) atoms. The minimum atomic E-state index is 0.578. The van der Waals surface area contributed by atoms with Crippen LogP contribution >= 0.6 is 0 Å². The number of nitrogens with zero attached hydrogens (tertiary/aromatic N) is 1. The number of guanidine groups is 1. The molecular weight excluding hydrogens is 370 g/mol. The summed E-state index contributed by atoms with van der Waals surface area (Å²) in [4.78, 5) is 4.60. The fourth-order valence-corrected chi connectivity index (χ4v) is 2.96. The molecule has 1 fully saturated rings. The Morgan fingerprint density at radius 1 is 1.14 bits per heavy atom. The van der Waals surface area contributed by atoms with E-state index in [1.807, 2.05) is 24.3 Å². The van der Waals surface area contributed by atoms with Gasteiger partial charge in [-0.1, -0.05) is 12.1 Å². The molecule has 164 valence electrons. The van der Waals surface area contributed by atoms with Crippen molar-refractivity contribution in [3.63, 3.8) is 0 Å². The van der Waals surface area contributed by atoms with Gasteiger partial charge >= 0.3 is 0 Å². The van der Waals surface area contributed by atoms with E-state index >= 15 is 0 Å². The van der Waals surface area contributed by atoms with E-state index in [0.717, 1.165) is 82.6 Å². The third-order valence-electron chi connectivity index (χ3n) is 4.62. The molecule has 1 aliphatic heterocycles. The predicted molar refractivity (Wildman–Crippen MR) is 116 cm³/mol. The Balaban J connectivity index is 1.50. The highest BCUT2D eigenvalue weighted by Gasteiger charge is 2.15. The van der Waals surface area contributed by atoms with E-state index in [2.05, 4.69) is 22.5 Å². The maximum absolute atomic E-state index is 5.73. The van der Waals surface area contributed by atoms with Gasteiger partial charge in [-0.15, -0.1) is 0 Å². The van der Waals surface area contributed by atoms with Crippen LogP contribution in [0.4, 0.5) is 0 Å². The lowest BCUT2D eigenvalue weighted by molar-refractivity contribution is 0.0888. The summed E-state index contributed by atoms with van der Waals surface area (Å²) < 4.78 is 22.0. The molecule has 0 aliphatic carbocycles. The van der Waals surface area contributed by atoms with Crippen LogP contribution < -0.4 is 15.4 Å². The van der Waals surface area contributed by atoms with Crippen LogP contribution in [0.2, 0.25) is 0 Å². The van der Waals surface area contributed by atoms with E-state index in [-0.39, 0.29) is 0 Å². The van der Waals surface area contributed by atoms with Crippen molar-refractivity contribution in [2.45, 2.75) is 32.8 Å². The molecular formula is C22H37N3O4. The summed E-state index contributed by atoms with van der Waals surface area (Å²) in [5, 5.41) is 6.63. The maximum atomic E-state index is 5.73. The third kappa shape index (κ3) is 10.5. The first-order valence-corrected chi connectivity index (χ1v) is 10.7. The largest absolute Gasteiger partial charge is 0.497 e.